The molecule has 3 atom stereocenters. The number of aromatic hydroxyl groups is 1. The standard InChI is InChI=1S/C22H34O3/c1-22-11-5-3-4-7-17(15-18-9-10-19(23)16-21(18)22)20(22)8-6-12-25-14-13-24-2/h9-10,16-17,20,23H,3-8,11-15H2,1-2H3/t17-,20-,22-/m0/s1. The molecule has 3 rings (SSSR count). The molecule has 1 aromatic carbocycles. The predicted molar refractivity (Wildman–Crippen MR) is 101 cm³/mol. The molecule has 2 bridgehead atoms. The van der Waals surface area contributed by atoms with Crippen LogP contribution in [0, 0.1) is 11.8 Å². The van der Waals surface area contributed by atoms with Gasteiger partial charge in [-0.2, -0.15) is 0 Å². The van der Waals surface area contributed by atoms with E-state index in [9.17, 15) is 5.11 Å². The molecule has 1 fully saturated rings. The van der Waals surface area contributed by atoms with Crippen LogP contribution in [0.5, 0.6) is 5.75 Å². The van der Waals surface area contributed by atoms with E-state index in [0.29, 0.717) is 24.9 Å². The van der Waals surface area contributed by atoms with E-state index in [-0.39, 0.29) is 5.41 Å². The summed E-state index contributed by atoms with van der Waals surface area (Å²) < 4.78 is 10.7. The summed E-state index contributed by atoms with van der Waals surface area (Å²) in [7, 11) is 1.72. The van der Waals surface area contributed by atoms with E-state index in [1.165, 1.54) is 56.1 Å². The number of methoxy groups -OCH3 is 1. The van der Waals surface area contributed by atoms with Crippen molar-refractivity contribution in [3.05, 3.63) is 29.3 Å². The molecule has 3 nitrogen and oxygen atoms in total. The summed E-state index contributed by atoms with van der Waals surface area (Å²) in [5.41, 5.74) is 3.08. The number of benzene rings is 1. The Bertz CT molecular complexity index is 556. The normalized spacial score (nSPS) is 28.9. The lowest BCUT2D eigenvalue weighted by atomic mass is 9.55. The van der Waals surface area contributed by atoms with Gasteiger partial charge in [0.1, 0.15) is 5.75 Å². The molecule has 0 aliphatic heterocycles. The van der Waals surface area contributed by atoms with E-state index in [1.807, 2.05) is 6.07 Å². The maximum atomic E-state index is 10.1. The van der Waals surface area contributed by atoms with Crippen LogP contribution in [0.1, 0.15) is 63.0 Å². The van der Waals surface area contributed by atoms with Crippen LogP contribution in [-0.4, -0.2) is 32.0 Å². The van der Waals surface area contributed by atoms with Gasteiger partial charge >= 0.3 is 0 Å². The van der Waals surface area contributed by atoms with Gasteiger partial charge in [0.15, 0.2) is 0 Å². The van der Waals surface area contributed by atoms with E-state index in [0.717, 1.165) is 18.9 Å². The summed E-state index contributed by atoms with van der Waals surface area (Å²) in [5, 5.41) is 10.1. The molecule has 25 heavy (non-hydrogen) atoms. The molecule has 0 radical (unpaired) electrons. The lowest BCUT2D eigenvalue weighted by Gasteiger charge is -2.49. The highest BCUT2D eigenvalue weighted by Crippen LogP contribution is 2.52. The summed E-state index contributed by atoms with van der Waals surface area (Å²) in [6, 6.07) is 6.09. The Morgan fingerprint density at radius 1 is 1.16 bits per heavy atom. The van der Waals surface area contributed by atoms with Gasteiger partial charge in [-0.25, -0.2) is 0 Å². The van der Waals surface area contributed by atoms with E-state index in [1.54, 1.807) is 7.11 Å². The lowest BCUT2D eigenvalue weighted by Crippen LogP contribution is -2.43. The van der Waals surface area contributed by atoms with Gasteiger partial charge in [0, 0.05) is 13.7 Å². The fourth-order valence-corrected chi connectivity index (χ4v) is 5.32. The molecule has 0 heterocycles. The van der Waals surface area contributed by atoms with Crippen LogP contribution < -0.4 is 0 Å². The first-order valence-corrected chi connectivity index (χ1v) is 10.0. The van der Waals surface area contributed by atoms with Gasteiger partial charge in [-0.3, -0.25) is 0 Å². The summed E-state index contributed by atoms with van der Waals surface area (Å²) in [5.74, 6) is 1.90. The average Bonchev–Trinajstić information content (AvgIpc) is 2.59. The van der Waals surface area contributed by atoms with Crippen LogP contribution in [-0.2, 0) is 21.3 Å². The van der Waals surface area contributed by atoms with Crippen molar-refractivity contribution in [2.75, 3.05) is 26.9 Å². The maximum Gasteiger partial charge on any atom is 0.115 e. The monoisotopic (exact) mass is 346 g/mol. The van der Waals surface area contributed by atoms with Crippen LogP contribution in [0.3, 0.4) is 0 Å². The highest BCUT2D eigenvalue weighted by atomic mass is 16.5. The third-order valence-electron chi connectivity index (χ3n) is 6.58. The summed E-state index contributed by atoms with van der Waals surface area (Å²) in [4.78, 5) is 0. The second kappa shape index (κ2) is 8.55. The van der Waals surface area contributed by atoms with Crippen LogP contribution in [0.2, 0.25) is 0 Å². The zero-order valence-corrected chi connectivity index (χ0v) is 15.9. The Balaban J connectivity index is 1.75. The molecule has 3 heteroatoms. The third-order valence-corrected chi connectivity index (χ3v) is 6.58. The SMILES string of the molecule is COCCOCCC[C@H]1[C@H]2CCCCC[C@]1(C)c1cc(O)ccc1C2. The number of hydrogen-bond donors (Lipinski definition) is 1. The molecule has 2 aliphatic carbocycles. The average molecular weight is 347 g/mol. The van der Waals surface area contributed by atoms with Crippen molar-refractivity contribution in [2.24, 2.45) is 11.8 Å². The minimum absolute atomic E-state index is 0.198. The molecular formula is C22H34O3. The Hall–Kier alpha value is -1.06. The van der Waals surface area contributed by atoms with Crippen molar-refractivity contribution in [3.63, 3.8) is 0 Å². The van der Waals surface area contributed by atoms with Crippen molar-refractivity contribution in [3.8, 4) is 5.75 Å². The van der Waals surface area contributed by atoms with Crippen molar-refractivity contribution < 1.29 is 14.6 Å². The van der Waals surface area contributed by atoms with E-state index in [4.69, 9.17) is 9.47 Å². The van der Waals surface area contributed by atoms with Crippen LogP contribution in [0.25, 0.3) is 0 Å². The van der Waals surface area contributed by atoms with Crippen molar-refractivity contribution >= 4 is 0 Å². The molecule has 0 saturated heterocycles. The van der Waals surface area contributed by atoms with Crippen LogP contribution in [0.15, 0.2) is 18.2 Å². The second-order valence-corrected chi connectivity index (χ2v) is 8.18. The number of rotatable bonds is 7. The van der Waals surface area contributed by atoms with Gasteiger partial charge < -0.3 is 14.6 Å². The van der Waals surface area contributed by atoms with Gasteiger partial charge in [0.25, 0.3) is 0 Å². The molecule has 0 amide bonds. The molecule has 0 aromatic heterocycles. The van der Waals surface area contributed by atoms with Crippen molar-refractivity contribution in [1.29, 1.82) is 0 Å². The van der Waals surface area contributed by atoms with Gasteiger partial charge in [0.2, 0.25) is 0 Å². The highest BCUT2D eigenvalue weighted by Gasteiger charge is 2.45. The number of hydrogen-bond acceptors (Lipinski definition) is 3. The smallest absolute Gasteiger partial charge is 0.115 e. The van der Waals surface area contributed by atoms with Gasteiger partial charge in [-0.05, 0) is 72.6 Å². The molecule has 0 unspecified atom stereocenters. The predicted octanol–water partition coefficient (Wildman–Crippen LogP) is 4.85. The summed E-state index contributed by atoms with van der Waals surface area (Å²) in [6.45, 7) is 4.66. The summed E-state index contributed by atoms with van der Waals surface area (Å²) in [6.07, 6.45) is 10.2. The number of fused-ring (bicyclic) bond motifs is 4. The largest absolute Gasteiger partial charge is 0.508 e. The van der Waals surface area contributed by atoms with E-state index >= 15 is 0 Å². The fraction of sp³-hybridized carbons (Fsp3) is 0.727. The Morgan fingerprint density at radius 2 is 2.04 bits per heavy atom. The fourth-order valence-electron chi connectivity index (χ4n) is 5.32. The van der Waals surface area contributed by atoms with Gasteiger partial charge in [-0.15, -0.1) is 0 Å². The molecule has 1 N–H and O–H groups in total. The first-order valence-electron chi connectivity index (χ1n) is 10.0. The third kappa shape index (κ3) is 4.20. The minimum atomic E-state index is 0.198. The van der Waals surface area contributed by atoms with Crippen LogP contribution >= 0.6 is 0 Å². The second-order valence-electron chi connectivity index (χ2n) is 8.18. The summed E-state index contributed by atoms with van der Waals surface area (Å²) >= 11 is 0. The molecule has 1 aromatic rings. The van der Waals surface area contributed by atoms with E-state index < -0.39 is 0 Å². The van der Waals surface area contributed by atoms with Crippen molar-refractivity contribution in [1.82, 2.24) is 0 Å². The van der Waals surface area contributed by atoms with Gasteiger partial charge in [0.05, 0.1) is 13.2 Å². The van der Waals surface area contributed by atoms with Crippen molar-refractivity contribution in [2.45, 2.75) is 63.7 Å². The van der Waals surface area contributed by atoms with Crippen LogP contribution in [0.4, 0.5) is 0 Å². The number of phenols is 1. The quantitative estimate of drug-likeness (QED) is 0.718. The zero-order chi connectivity index (χ0) is 17.7. The first kappa shape index (κ1) is 18.7. The molecule has 2 aliphatic rings. The first-order chi connectivity index (χ1) is 12.1. The highest BCUT2D eigenvalue weighted by molar-refractivity contribution is 5.43. The molecular weight excluding hydrogens is 312 g/mol. The molecule has 0 spiro atoms. The zero-order valence-electron chi connectivity index (χ0n) is 15.9. The Morgan fingerprint density at radius 3 is 2.88 bits per heavy atom. The number of ether oxygens (including phenoxy) is 2. The Kier molecular flexibility index (Phi) is 6.40. The Labute approximate surface area is 152 Å². The lowest BCUT2D eigenvalue weighted by molar-refractivity contribution is 0.0582. The topological polar surface area (TPSA) is 38.7 Å². The van der Waals surface area contributed by atoms with Gasteiger partial charge in [-0.1, -0.05) is 32.3 Å². The maximum absolute atomic E-state index is 10.1. The molecule has 140 valence electrons. The number of phenolic OH excluding ortho intramolecular Hbond substituents is 1. The minimum Gasteiger partial charge on any atom is -0.508 e. The van der Waals surface area contributed by atoms with E-state index in [2.05, 4.69) is 19.1 Å². The molecule has 1 saturated carbocycles.